The number of aromatic amines is 1. The summed E-state index contributed by atoms with van der Waals surface area (Å²) in [5.41, 5.74) is 3.74. The molecule has 0 unspecified atom stereocenters. The maximum absolute atomic E-state index is 11.8. The molecule has 4 nitrogen and oxygen atoms in total. The van der Waals surface area contributed by atoms with Crippen LogP contribution in [0.1, 0.15) is 11.1 Å². The second kappa shape index (κ2) is 5.63. The van der Waals surface area contributed by atoms with E-state index in [2.05, 4.69) is 15.5 Å². The Morgan fingerprint density at radius 2 is 1.95 bits per heavy atom. The maximum Gasteiger partial charge on any atom is 0.244 e. The normalized spacial score (nSPS) is 11.6. The van der Waals surface area contributed by atoms with Gasteiger partial charge in [0.1, 0.15) is 0 Å². The molecule has 0 saturated carbocycles. The maximum atomic E-state index is 11.8. The van der Waals surface area contributed by atoms with Gasteiger partial charge in [-0.05, 0) is 11.1 Å². The molecule has 0 bridgehead atoms. The monoisotopic (exact) mass is 277 g/mol. The number of hydrogen-bond acceptors (Lipinski definition) is 2. The van der Waals surface area contributed by atoms with Crippen LogP contribution in [-0.2, 0) is 4.79 Å². The van der Waals surface area contributed by atoms with Gasteiger partial charge in [0, 0.05) is 24.1 Å². The molecule has 0 aliphatic rings. The number of rotatable bonds is 3. The lowest BCUT2D eigenvalue weighted by molar-refractivity contribution is -0.116. The number of benzene rings is 2. The predicted octanol–water partition coefficient (Wildman–Crippen LogP) is 2.74. The molecule has 4 heteroatoms. The summed E-state index contributed by atoms with van der Waals surface area (Å²) in [6, 6.07) is 15.8. The van der Waals surface area contributed by atoms with E-state index < -0.39 is 0 Å². The van der Waals surface area contributed by atoms with Crippen LogP contribution in [0.15, 0.2) is 60.8 Å². The van der Waals surface area contributed by atoms with Crippen LogP contribution in [0.25, 0.3) is 16.5 Å². The van der Waals surface area contributed by atoms with E-state index >= 15 is 0 Å². The number of aromatic nitrogens is 2. The first-order chi connectivity index (χ1) is 10.3. The van der Waals surface area contributed by atoms with Gasteiger partial charge in [0.2, 0.25) is 5.91 Å². The quantitative estimate of drug-likeness (QED) is 0.723. The van der Waals surface area contributed by atoms with E-state index in [-0.39, 0.29) is 5.91 Å². The van der Waals surface area contributed by atoms with Crippen molar-refractivity contribution >= 4 is 22.4 Å². The Hall–Kier alpha value is -2.88. The van der Waals surface area contributed by atoms with Crippen molar-refractivity contribution < 1.29 is 4.79 Å². The lowest BCUT2D eigenvalue weighted by Crippen LogP contribution is -2.15. The molecule has 0 aliphatic heterocycles. The molecule has 0 aliphatic carbocycles. The molecule has 104 valence electrons. The molecule has 0 radical (unpaired) electrons. The van der Waals surface area contributed by atoms with E-state index in [0.29, 0.717) is 0 Å². The number of H-pyrrole nitrogens is 1. The van der Waals surface area contributed by atoms with Gasteiger partial charge in [-0.3, -0.25) is 9.89 Å². The number of hydrogen-bond donors (Lipinski definition) is 2. The van der Waals surface area contributed by atoms with Crippen LogP contribution in [0.2, 0.25) is 0 Å². The van der Waals surface area contributed by atoms with Crippen molar-refractivity contribution in [2.45, 2.75) is 0 Å². The molecule has 2 aromatic carbocycles. The zero-order valence-electron chi connectivity index (χ0n) is 11.6. The van der Waals surface area contributed by atoms with E-state index in [1.165, 1.54) is 0 Å². The average Bonchev–Trinajstić information content (AvgIpc) is 3.02. The second-order valence-electron chi connectivity index (χ2n) is 4.68. The van der Waals surface area contributed by atoms with Crippen molar-refractivity contribution in [2.24, 2.45) is 0 Å². The van der Waals surface area contributed by atoms with Crippen LogP contribution < -0.4 is 5.32 Å². The largest absolute Gasteiger partial charge is 0.356 e. The van der Waals surface area contributed by atoms with Crippen LogP contribution in [0.5, 0.6) is 0 Å². The summed E-state index contributed by atoms with van der Waals surface area (Å²) in [6.07, 6.45) is 3.40. The van der Waals surface area contributed by atoms with E-state index in [1.807, 2.05) is 48.5 Å². The number of nitrogens with zero attached hydrogens (tertiary/aromatic N) is 1. The standard InChI is InChI=1S/C17H15N3O/c1-18-16(21)10-15(12-6-3-2-4-7-12)14-9-5-8-13-11-19-20-17(13)14/h2-11H,1H3,(H,18,21)(H,19,20)/b15-10+. The lowest BCUT2D eigenvalue weighted by Gasteiger charge is -2.09. The fraction of sp³-hybridized carbons (Fsp3) is 0.0588. The van der Waals surface area contributed by atoms with Gasteiger partial charge in [-0.2, -0.15) is 5.10 Å². The van der Waals surface area contributed by atoms with Gasteiger partial charge in [0.15, 0.2) is 0 Å². The Kier molecular flexibility index (Phi) is 3.51. The summed E-state index contributed by atoms with van der Waals surface area (Å²) in [4.78, 5) is 11.8. The number of fused-ring (bicyclic) bond motifs is 1. The molecular formula is C17H15N3O. The van der Waals surface area contributed by atoms with Crippen molar-refractivity contribution in [2.75, 3.05) is 7.05 Å². The summed E-state index contributed by atoms with van der Waals surface area (Å²) >= 11 is 0. The minimum Gasteiger partial charge on any atom is -0.356 e. The molecule has 1 aromatic heterocycles. The minimum absolute atomic E-state index is 0.134. The van der Waals surface area contributed by atoms with E-state index in [9.17, 15) is 4.79 Å². The fourth-order valence-corrected chi connectivity index (χ4v) is 2.33. The van der Waals surface area contributed by atoms with Gasteiger partial charge in [0.25, 0.3) is 0 Å². The number of carbonyl (C=O) groups excluding carboxylic acids is 1. The smallest absolute Gasteiger partial charge is 0.244 e. The molecule has 1 amide bonds. The van der Waals surface area contributed by atoms with Crippen LogP contribution in [0.3, 0.4) is 0 Å². The molecule has 0 saturated heterocycles. The first kappa shape index (κ1) is 13.1. The highest BCUT2D eigenvalue weighted by Gasteiger charge is 2.11. The van der Waals surface area contributed by atoms with Crippen LogP contribution in [0, 0.1) is 0 Å². The van der Waals surface area contributed by atoms with Crippen molar-refractivity contribution in [1.29, 1.82) is 0 Å². The summed E-state index contributed by atoms with van der Waals surface area (Å²) in [7, 11) is 1.62. The number of nitrogens with one attached hydrogen (secondary N) is 2. The fourth-order valence-electron chi connectivity index (χ4n) is 2.33. The minimum atomic E-state index is -0.134. The summed E-state index contributed by atoms with van der Waals surface area (Å²) in [6.45, 7) is 0. The van der Waals surface area contributed by atoms with Gasteiger partial charge in [-0.1, -0.05) is 48.5 Å². The first-order valence-electron chi connectivity index (χ1n) is 6.71. The third kappa shape index (κ3) is 2.56. The molecule has 0 fully saturated rings. The predicted molar refractivity (Wildman–Crippen MR) is 83.7 cm³/mol. The zero-order valence-corrected chi connectivity index (χ0v) is 11.6. The number of likely N-dealkylation sites (N-methyl/N-ethyl adjacent to an activating group) is 1. The highest BCUT2D eigenvalue weighted by molar-refractivity contribution is 6.03. The molecule has 0 atom stereocenters. The zero-order chi connectivity index (χ0) is 14.7. The lowest BCUT2D eigenvalue weighted by atomic mass is 9.96. The van der Waals surface area contributed by atoms with Crippen molar-refractivity contribution in [3.8, 4) is 0 Å². The number of carbonyl (C=O) groups is 1. The molecular weight excluding hydrogens is 262 g/mol. The van der Waals surface area contributed by atoms with Crippen molar-refractivity contribution in [3.63, 3.8) is 0 Å². The Morgan fingerprint density at radius 3 is 2.71 bits per heavy atom. The summed E-state index contributed by atoms with van der Waals surface area (Å²) < 4.78 is 0. The highest BCUT2D eigenvalue weighted by atomic mass is 16.1. The van der Waals surface area contributed by atoms with Gasteiger partial charge in [0.05, 0.1) is 11.7 Å². The molecule has 2 N–H and O–H groups in total. The summed E-state index contributed by atoms with van der Waals surface area (Å²) in [5.74, 6) is -0.134. The highest BCUT2D eigenvalue weighted by Crippen LogP contribution is 2.28. The third-order valence-corrected chi connectivity index (χ3v) is 3.37. The summed E-state index contributed by atoms with van der Waals surface area (Å²) in [5, 5.41) is 10.7. The average molecular weight is 277 g/mol. The van der Waals surface area contributed by atoms with Gasteiger partial charge in [-0.15, -0.1) is 0 Å². The van der Waals surface area contributed by atoms with E-state index in [0.717, 1.165) is 27.6 Å². The SMILES string of the molecule is CNC(=O)/C=C(\c1ccccc1)c1cccc2cn[nH]c12. The van der Waals surface area contributed by atoms with Gasteiger partial charge in [-0.25, -0.2) is 0 Å². The van der Waals surface area contributed by atoms with Gasteiger partial charge < -0.3 is 5.32 Å². The molecule has 3 rings (SSSR count). The van der Waals surface area contributed by atoms with Gasteiger partial charge >= 0.3 is 0 Å². The van der Waals surface area contributed by atoms with E-state index in [4.69, 9.17) is 0 Å². The molecule has 3 aromatic rings. The van der Waals surface area contributed by atoms with Crippen LogP contribution in [-0.4, -0.2) is 23.2 Å². The molecule has 1 heterocycles. The molecule has 21 heavy (non-hydrogen) atoms. The Morgan fingerprint density at radius 1 is 1.14 bits per heavy atom. The van der Waals surface area contributed by atoms with Crippen LogP contribution >= 0.6 is 0 Å². The van der Waals surface area contributed by atoms with Crippen molar-refractivity contribution in [1.82, 2.24) is 15.5 Å². The number of para-hydroxylation sites is 1. The number of amides is 1. The first-order valence-corrected chi connectivity index (χ1v) is 6.71. The van der Waals surface area contributed by atoms with E-state index in [1.54, 1.807) is 19.3 Å². The molecule has 0 spiro atoms. The topological polar surface area (TPSA) is 57.8 Å². The van der Waals surface area contributed by atoms with Crippen molar-refractivity contribution in [3.05, 3.63) is 71.9 Å². The third-order valence-electron chi connectivity index (χ3n) is 3.37. The second-order valence-corrected chi connectivity index (χ2v) is 4.68. The Balaban J connectivity index is 2.23. The van der Waals surface area contributed by atoms with Crippen LogP contribution in [0.4, 0.5) is 0 Å². The Bertz CT molecular complexity index is 803. The Labute approximate surface area is 122 Å².